The van der Waals surface area contributed by atoms with E-state index in [4.69, 9.17) is 16.1 Å². The number of carboxylic acid groups (broad SMARTS) is 1. The number of nitrogen functional groups attached to an aromatic ring is 1. The van der Waals surface area contributed by atoms with Crippen LogP contribution < -0.4 is 5.73 Å². The Morgan fingerprint density at radius 2 is 2.19 bits per heavy atom. The van der Waals surface area contributed by atoms with Crippen LogP contribution in [0.5, 0.6) is 0 Å². The second-order valence-electron chi connectivity index (χ2n) is 3.94. The third kappa shape index (κ3) is 1.84. The van der Waals surface area contributed by atoms with Gasteiger partial charge in [-0.2, -0.15) is 10.4 Å². The van der Waals surface area contributed by atoms with Gasteiger partial charge in [-0.3, -0.25) is 9.48 Å². The lowest BCUT2D eigenvalue weighted by Crippen LogP contribution is -2.19. The van der Waals surface area contributed by atoms with Crippen LogP contribution in [-0.4, -0.2) is 20.9 Å². The zero-order valence-electron chi connectivity index (χ0n) is 9.43. The Hall–Kier alpha value is -2.03. The molecule has 1 heterocycles. The smallest absolute Gasteiger partial charge is 0.312 e. The summed E-state index contributed by atoms with van der Waals surface area (Å²) < 4.78 is 1.33. The van der Waals surface area contributed by atoms with E-state index >= 15 is 0 Å². The van der Waals surface area contributed by atoms with Crippen LogP contribution in [0.2, 0.25) is 0 Å². The quantitative estimate of drug-likeness (QED) is 0.783. The van der Waals surface area contributed by atoms with E-state index < -0.39 is 11.9 Å². The second-order valence-corrected chi connectivity index (χ2v) is 3.94. The Bertz CT molecular complexity index is 456. The summed E-state index contributed by atoms with van der Waals surface area (Å²) in [7, 11) is 1.58. The van der Waals surface area contributed by atoms with Crippen molar-refractivity contribution in [2.45, 2.75) is 19.8 Å². The number of carboxylic acids is 1. The molecule has 1 aromatic heterocycles. The Morgan fingerprint density at radius 3 is 2.56 bits per heavy atom. The number of hydrogen-bond donors (Lipinski definition) is 2. The van der Waals surface area contributed by atoms with Crippen molar-refractivity contribution in [1.82, 2.24) is 9.78 Å². The number of carbonyl (C=O) groups is 1. The molecule has 0 fully saturated rings. The lowest BCUT2D eigenvalue weighted by Gasteiger charge is -2.13. The van der Waals surface area contributed by atoms with Crippen LogP contribution in [0.3, 0.4) is 0 Å². The predicted molar refractivity (Wildman–Crippen MR) is 57.6 cm³/mol. The molecule has 0 radical (unpaired) electrons. The largest absolute Gasteiger partial charge is 0.481 e. The lowest BCUT2D eigenvalue weighted by atomic mass is 9.90. The Kier molecular flexibility index (Phi) is 3.18. The van der Waals surface area contributed by atoms with Crippen molar-refractivity contribution >= 4 is 11.8 Å². The molecule has 1 atom stereocenters. The van der Waals surface area contributed by atoms with E-state index in [9.17, 15) is 4.79 Å². The molecule has 6 heteroatoms. The standard InChI is InChI=1S/C10H14N4O2/c1-5(2)7(10(15)16)8-6(4-11)9(12)14(3)13-8/h5,7H,12H2,1-3H3,(H,15,16). The lowest BCUT2D eigenvalue weighted by molar-refractivity contribution is -0.140. The summed E-state index contributed by atoms with van der Waals surface area (Å²) >= 11 is 0. The first kappa shape index (κ1) is 12.0. The number of nitrogens with two attached hydrogens (primary N) is 1. The molecule has 1 unspecified atom stereocenters. The van der Waals surface area contributed by atoms with Crippen LogP contribution >= 0.6 is 0 Å². The minimum Gasteiger partial charge on any atom is -0.481 e. The van der Waals surface area contributed by atoms with Crippen LogP contribution in [-0.2, 0) is 11.8 Å². The molecule has 0 saturated carbocycles. The maximum Gasteiger partial charge on any atom is 0.312 e. The van der Waals surface area contributed by atoms with Crippen molar-refractivity contribution in [3.63, 3.8) is 0 Å². The van der Waals surface area contributed by atoms with Gasteiger partial charge in [-0.05, 0) is 5.92 Å². The van der Waals surface area contributed by atoms with Gasteiger partial charge in [0.15, 0.2) is 0 Å². The number of aryl methyl sites for hydroxylation is 1. The minimum absolute atomic E-state index is 0.154. The monoisotopic (exact) mass is 222 g/mol. The molecule has 0 spiro atoms. The van der Waals surface area contributed by atoms with Gasteiger partial charge < -0.3 is 10.8 Å². The topological polar surface area (TPSA) is 105 Å². The molecule has 6 nitrogen and oxygen atoms in total. The van der Waals surface area contributed by atoms with Gasteiger partial charge in [0.2, 0.25) is 0 Å². The van der Waals surface area contributed by atoms with Gasteiger partial charge in [-0.15, -0.1) is 0 Å². The van der Waals surface area contributed by atoms with Crippen molar-refractivity contribution in [1.29, 1.82) is 5.26 Å². The minimum atomic E-state index is -0.996. The Labute approximate surface area is 93.3 Å². The first-order chi connectivity index (χ1) is 7.40. The molecule has 0 aliphatic heterocycles. The number of aromatic nitrogens is 2. The van der Waals surface area contributed by atoms with E-state index in [0.717, 1.165) is 0 Å². The van der Waals surface area contributed by atoms with Crippen LogP contribution in [0, 0.1) is 17.2 Å². The summed E-state index contributed by atoms with van der Waals surface area (Å²) in [6.45, 7) is 3.54. The molecule has 3 N–H and O–H groups in total. The van der Waals surface area contributed by atoms with E-state index in [2.05, 4.69) is 5.10 Å². The molecular weight excluding hydrogens is 208 g/mol. The van der Waals surface area contributed by atoms with Gasteiger partial charge in [-0.25, -0.2) is 0 Å². The van der Waals surface area contributed by atoms with E-state index in [0.29, 0.717) is 0 Å². The summed E-state index contributed by atoms with van der Waals surface area (Å²) in [5, 5.41) is 22.1. The predicted octanol–water partition coefficient (Wildman–Crippen LogP) is 0.698. The van der Waals surface area contributed by atoms with Crippen LogP contribution in [0.25, 0.3) is 0 Å². The van der Waals surface area contributed by atoms with Crippen molar-refractivity contribution in [3.8, 4) is 6.07 Å². The Balaban J connectivity index is 3.37. The van der Waals surface area contributed by atoms with Gasteiger partial charge >= 0.3 is 5.97 Å². The summed E-state index contributed by atoms with van der Waals surface area (Å²) in [6.07, 6.45) is 0. The first-order valence-corrected chi connectivity index (χ1v) is 4.85. The van der Waals surface area contributed by atoms with Crippen LogP contribution in [0.1, 0.15) is 31.0 Å². The van der Waals surface area contributed by atoms with Gasteiger partial charge in [0.05, 0.1) is 5.69 Å². The average Bonchev–Trinajstić information content (AvgIpc) is 2.41. The highest BCUT2D eigenvalue weighted by Gasteiger charge is 2.30. The molecule has 16 heavy (non-hydrogen) atoms. The molecule has 0 saturated heterocycles. The molecule has 0 aromatic carbocycles. The Morgan fingerprint density at radius 1 is 1.62 bits per heavy atom. The van der Waals surface area contributed by atoms with Gasteiger partial charge in [0.25, 0.3) is 0 Å². The van der Waals surface area contributed by atoms with E-state index in [1.54, 1.807) is 20.9 Å². The fourth-order valence-electron chi connectivity index (χ4n) is 1.61. The third-order valence-electron chi connectivity index (χ3n) is 2.46. The summed E-state index contributed by atoms with van der Waals surface area (Å²) in [5.74, 6) is -1.76. The number of aliphatic carboxylic acids is 1. The molecule has 1 aromatic rings. The van der Waals surface area contributed by atoms with Gasteiger partial charge in [0, 0.05) is 7.05 Å². The fraction of sp³-hybridized carbons (Fsp3) is 0.500. The first-order valence-electron chi connectivity index (χ1n) is 4.85. The van der Waals surface area contributed by atoms with Gasteiger partial charge in [-0.1, -0.05) is 13.8 Å². The summed E-state index contributed by atoms with van der Waals surface area (Å²) in [4.78, 5) is 11.1. The number of anilines is 1. The normalized spacial score (nSPS) is 12.4. The molecular formula is C10H14N4O2. The van der Waals surface area contributed by atoms with E-state index in [1.807, 2.05) is 6.07 Å². The zero-order chi connectivity index (χ0) is 12.5. The molecule has 1 rings (SSSR count). The maximum absolute atomic E-state index is 11.1. The summed E-state index contributed by atoms with van der Waals surface area (Å²) in [6, 6.07) is 1.90. The van der Waals surface area contributed by atoms with E-state index in [-0.39, 0.29) is 23.0 Å². The number of hydrogen-bond acceptors (Lipinski definition) is 4. The second kappa shape index (κ2) is 4.23. The number of nitriles is 1. The third-order valence-corrected chi connectivity index (χ3v) is 2.46. The van der Waals surface area contributed by atoms with Crippen molar-refractivity contribution < 1.29 is 9.90 Å². The molecule has 0 aliphatic carbocycles. The molecule has 0 amide bonds. The highest BCUT2D eigenvalue weighted by Crippen LogP contribution is 2.28. The van der Waals surface area contributed by atoms with Gasteiger partial charge in [0.1, 0.15) is 23.4 Å². The highest BCUT2D eigenvalue weighted by molar-refractivity contribution is 5.77. The van der Waals surface area contributed by atoms with E-state index in [1.165, 1.54) is 4.68 Å². The SMILES string of the molecule is CC(C)C(C(=O)O)c1nn(C)c(N)c1C#N. The van der Waals surface area contributed by atoms with Crippen molar-refractivity contribution in [3.05, 3.63) is 11.3 Å². The number of rotatable bonds is 3. The van der Waals surface area contributed by atoms with Crippen molar-refractivity contribution in [2.24, 2.45) is 13.0 Å². The zero-order valence-corrected chi connectivity index (χ0v) is 9.43. The van der Waals surface area contributed by atoms with Crippen LogP contribution in [0.15, 0.2) is 0 Å². The van der Waals surface area contributed by atoms with Crippen LogP contribution in [0.4, 0.5) is 5.82 Å². The molecule has 0 bridgehead atoms. The molecule has 0 aliphatic rings. The highest BCUT2D eigenvalue weighted by atomic mass is 16.4. The average molecular weight is 222 g/mol. The maximum atomic E-state index is 11.1. The number of nitrogens with zero attached hydrogens (tertiary/aromatic N) is 3. The summed E-state index contributed by atoms with van der Waals surface area (Å²) in [5.41, 5.74) is 6.03. The molecule has 86 valence electrons. The van der Waals surface area contributed by atoms with Crippen molar-refractivity contribution in [2.75, 3.05) is 5.73 Å². The fourth-order valence-corrected chi connectivity index (χ4v) is 1.61.